The Labute approximate surface area is 84.9 Å². The van der Waals surface area contributed by atoms with Crippen molar-refractivity contribution in [1.82, 2.24) is 0 Å². The van der Waals surface area contributed by atoms with E-state index in [0.29, 0.717) is 0 Å². The summed E-state index contributed by atoms with van der Waals surface area (Å²) in [6.07, 6.45) is 0. The summed E-state index contributed by atoms with van der Waals surface area (Å²) in [7, 11) is 0. The standard InChI is InChI=1S/C12H15Cl/c1-11(2)8-6-5-7-9(13)10(8)12(11,3)4/h5-7H,1-4H3. The van der Waals surface area contributed by atoms with Crippen molar-refractivity contribution in [2.45, 2.75) is 38.5 Å². The van der Waals surface area contributed by atoms with Crippen molar-refractivity contribution in [3.63, 3.8) is 0 Å². The summed E-state index contributed by atoms with van der Waals surface area (Å²) in [5.41, 5.74) is 3.21. The van der Waals surface area contributed by atoms with Crippen LogP contribution in [0, 0.1) is 0 Å². The topological polar surface area (TPSA) is 0 Å². The molecule has 1 aromatic carbocycles. The zero-order valence-electron chi connectivity index (χ0n) is 8.61. The number of halogens is 1. The van der Waals surface area contributed by atoms with Crippen molar-refractivity contribution in [1.29, 1.82) is 0 Å². The molecule has 0 radical (unpaired) electrons. The third kappa shape index (κ3) is 0.874. The van der Waals surface area contributed by atoms with Crippen molar-refractivity contribution in [2.24, 2.45) is 0 Å². The zero-order chi connectivity index (χ0) is 9.85. The number of hydrogen-bond donors (Lipinski definition) is 0. The Balaban J connectivity index is 2.70. The minimum Gasteiger partial charge on any atom is -0.0840 e. The molecule has 70 valence electrons. The van der Waals surface area contributed by atoms with Crippen LogP contribution in [0.1, 0.15) is 38.8 Å². The zero-order valence-corrected chi connectivity index (χ0v) is 9.37. The van der Waals surface area contributed by atoms with E-state index in [1.807, 2.05) is 12.1 Å². The molecule has 0 aliphatic heterocycles. The summed E-state index contributed by atoms with van der Waals surface area (Å²) in [5.74, 6) is 0. The lowest BCUT2D eigenvalue weighted by atomic mass is 9.50. The molecule has 0 nitrogen and oxygen atoms in total. The Morgan fingerprint density at radius 1 is 1.00 bits per heavy atom. The summed E-state index contributed by atoms with van der Waals surface area (Å²) < 4.78 is 0. The Hall–Kier alpha value is -0.490. The molecule has 0 saturated heterocycles. The van der Waals surface area contributed by atoms with Crippen LogP contribution in [0.25, 0.3) is 0 Å². The fourth-order valence-corrected chi connectivity index (χ4v) is 2.68. The Kier molecular flexibility index (Phi) is 1.61. The highest BCUT2D eigenvalue weighted by molar-refractivity contribution is 6.31. The quantitative estimate of drug-likeness (QED) is 0.588. The van der Waals surface area contributed by atoms with Gasteiger partial charge in [-0.05, 0) is 22.6 Å². The Morgan fingerprint density at radius 2 is 1.62 bits per heavy atom. The first-order valence-corrected chi connectivity index (χ1v) is 5.06. The molecule has 1 heteroatoms. The van der Waals surface area contributed by atoms with Crippen LogP contribution in [-0.4, -0.2) is 0 Å². The van der Waals surface area contributed by atoms with E-state index >= 15 is 0 Å². The maximum Gasteiger partial charge on any atom is 0.0446 e. The molecular weight excluding hydrogens is 180 g/mol. The second-order valence-electron chi connectivity index (χ2n) is 4.91. The van der Waals surface area contributed by atoms with Crippen molar-refractivity contribution in [3.05, 3.63) is 34.3 Å². The summed E-state index contributed by atoms with van der Waals surface area (Å²) in [4.78, 5) is 0. The second kappa shape index (κ2) is 2.30. The van der Waals surface area contributed by atoms with Gasteiger partial charge in [0.2, 0.25) is 0 Å². The van der Waals surface area contributed by atoms with Gasteiger partial charge in [0.15, 0.2) is 0 Å². The van der Waals surface area contributed by atoms with Crippen LogP contribution in [-0.2, 0) is 10.8 Å². The molecule has 0 saturated carbocycles. The molecule has 0 unspecified atom stereocenters. The number of hydrogen-bond acceptors (Lipinski definition) is 0. The molecule has 0 spiro atoms. The lowest BCUT2D eigenvalue weighted by molar-refractivity contribution is 0.242. The lowest BCUT2D eigenvalue weighted by Crippen LogP contribution is -2.51. The number of fused-ring (bicyclic) bond motifs is 1. The molecule has 0 fully saturated rings. The van der Waals surface area contributed by atoms with Crippen molar-refractivity contribution in [2.75, 3.05) is 0 Å². The summed E-state index contributed by atoms with van der Waals surface area (Å²) >= 11 is 6.18. The van der Waals surface area contributed by atoms with E-state index in [1.54, 1.807) is 0 Å². The van der Waals surface area contributed by atoms with Crippen LogP contribution in [0.5, 0.6) is 0 Å². The van der Waals surface area contributed by atoms with Crippen LogP contribution >= 0.6 is 11.6 Å². The first kappa shape index (κ1) is 9.08. The van der Waals surface area contributed by atoms with E-state index in [2.05, 4.69) is 33.8 Å². The maximum atomic E-state index is 6.18. The van der Waals surface area contributed by atoms with Crippen molar-refractivity contribution >= 4 is 11.6 Å². The van der Waals surface area contributed by atoms with E-state index in [4.69, 9.17) is 11.6 Å². The van der Waals surface area contributed by atoms with Crippen LogP contribution in [0.4, 0.5) is 0 Å². The van der Waals surface area contributed by atoms with Crippen LogP contribution in [0.15, 0.2) is 18.2 Å². The normalized spacial score (nSPS) is 21.9. The van der Waals surface area contributed by atoms with Gasteiger partial charge in [0.05, 0.1) is 0 Å². The van der Waals surface area contributed by atoms with Gasteiger partial charge in [0.25, 0.3) is 0 Å². The van der Waals surface area contributed by atoms with Gasteiger partial charge in [-0.3, -0.25) is 0 Å². The molecular formula is C12H15Cl. The van der Waals surface area contributed by atoms with E-state index in [1.165, 1.54) is 11.1 Å². The smallest absolute Gasteiger partial charge is 0.0446 e. The molecule has 1 aromatic rings. The number of benzene rings is 1. The SMILES string of the molecule is CC1(C)c2cccc(Cl)c2C1(C)C. The largest absolute Gasteiger partial charge is 0.0840 e. The molecule has 2 rings (SSSR count). The molecule has 0 amide bonds. The van der Waals surface area contributed by atoms with E-state index < -0.39 is 0 Å². The average Bonchev–Trinajstić information content (AvgIpc) is 2.03. The summed E-state index contributed by atoms with van der Waals surface area (Å²) in [6, 6.07) is 6.21. The predicted molar refractivity (Wildman–Crippen MR) is 57.5 cm³/mol. The van der Waals surface area contributed by atoms with Gasteiger partial charge in [-0.1, -0.05) is 51.4 Å². The lowest BCUT2D eigenvalue weighted by Gasteiger charge is -2.54. The Morgan fingerprint density at radius 3 is 2.15 bits per heavy atom. The van der Waals surface area contributed by atoms with E-state index in [0.717, 1.165) is 5.02 Å². The highest BCUT2D eigenvalue weighted by Crippen LogP contribution is 2.57. The molecule has 0 heterocycles. The number of rotatable bonds is 0. The Bertz CT molecular complexity index is 361. The highest BCUT2D eigenvalue weighted by Gasteiger charge is 2.52. The van der Waals surface area contributed by atoms with Gasteiger partial charge < -0.3 is 0 Å². The first-order valence-electron chi connectivity index (χ1n) is 4.68. The van der Waals surface area contributed by atoms with Gasteiger partial charge in [-0.25, -0.2) is 0 Å². The highest BCUT2D eigenvalue weighted by atomic mass is 35.5. The van der Waals surface area contributed by atoms with Crippen molar-refractivity contribution < 1.29 is 0 Å². The van der Waals surface area contributed by atoms with Gasteiger partial charge in [0.1, 0.15) is 0 Å². The van der Waals surface area contributed by atoms with Crippen LogP contribution < -0.4 is 0 Å². The molecule has 0 atom stereocenters. The van der Waals surface area contributed by atoms with Gasteiger partial charge >= 0.3 is 0 Å². The van der Waals surface area contributed by atoms with Gasteiger partial charge in [-0.2, -0.15) is 0 Å². The fraction of sp³-hybridized carbons (Fsp3) is 0.500. The third-order valence-electron chi connectivity index (χ3n) is 3.87. The van der Waals surface area contributed by atoms with Crippen LogP contribution in [0.3, 0.4) is 0 Å². The van der Waals surface area contributed by atoms with E-state index in [9.17, 15) is 0 Å². The molecule has 13 heavy (non-hydrogen) atoms. The van der Waals surface area contributed by atoms with E-state index in [-0.39, 0.29) is 10.8 Å². The third-order valence-corrected chi connectivity index (χ3v) is 4.19. The molecule has 0 bridgehead atoms. The fourth-order valence-electron chi connectivity index (χ4n) is 2.27. The van der Waals surface area contributed by atoms with Gasteiger partial charge in [0, 0.05) is 10.4 Å². The molecule has 1 aliphatic rings. The maximum absolute atomic E-state index is 6.18. The second-order valence-corrected chi connectivity index (χ2v) is 5.32. The van der Waals surface area contributed by atoms with Crippen LogP contribution in [0.2, 0.25) is 5.02 Å². The summed E-state index contributed by atoms with van der Waals surface area (Å²) in [5, 5.41) is 0.918. The molecule has 0 aromatic heterocycles. The van der Waals surface area contributed by atoms with Crippen molar-refractivity contribution in [3.8, 4) is 0 Å². The minimum atomic E-state index is 0.209. The molecule has 0 N–H and O–H groups in total. The molecule has 1 aliphatic carbocycles. The van der Waals surface area contributed by atoms with Gasteiger partial charge in [-0.15, -0.1) is 0 Å². The predicted octanol–water partition coefficient (Wildman–Crippen LogP) is 3.91. The minimum absolute atomic E-state index is 0.209. The first-order chi connectivity index (χ1) is 5.89. The summed E-state index contributed by atoms with van der Waals surface area (Å²) in [6.45, 7) is 9.10. The monoisotopic (exact) mass is 194 g/mol. The average molecular weight is 195 g/mol.